The van der Waals surface area contributed by atoms with Crippen molar-refractivity contribution in [3.8, 4) is 0 Å². The Morgan fingerprint density at radius 2 is 2.10 bits per heavy atom. The summed E-state index contributed by atoms with van der Waals surface area (Å²) in [6.45, 7) is 1.61. The fourth-order valence-corrected chi connectivity index (χ4v) is 3.06. The van der Waals surface area contributed by atoms with E-state index in [2.05, 4.69) is 25.8 Å². The molecule has 1 fully saturated rings. The lowest BCUT2D eigenvalue weighted by molar-refractivity contribution is -0.133. The highest BCUT2D eigenvalue weighted by Crippen LogP contribution is 2.28. The van der Waals surface area contributed by atoms with E-state index in [1.54, 1.807) is 4.90 Å². The quantitative estimate of drug-likeness (QED) is 0.834. The van der Waals surface area contributed by atoms with Crippen LogP contribution in [0.1, 0.15) is 12.8 Å². The number of halogens is 1. The fraction of sp³-hybridized carbons (Fsp3) is 0.467. The van der Waals surface area contributed by atoms with Crippen LogP contribution >= 0.6 is 15.9 Å². The van der Waals surface area contributed by atoms with Gasteiger partial charge in [0.1, 0.15) is 5.52 Å². The third kappa shape index (κ3) is 2.90. The lowest BCUT2D eigenvalue weighted by atomic mass is 9.96. The van der Waals surface area contributed by atoms with Gasteiger partial charge < -0.3 is 14.2 Å². The van der Waals surface area contributed by atoms with Crippen LogP contribution in [0.25, 0.3) is 11.1 Å². The maximum atomic E-state index is 12.0. The van der Waals surface area contributed by atoms with Crippen LogP contribution in [0.15, 0.2) is 27.1 Å². The van der Waals surface area contributed by atoms with Crippen molar-refractivity contribution in [3.63, 3.8) is 0 Å². The molecule has 3 rings (SSSR count). The second-order valence-corrected chi connectivity index (χ2v) is 6.52. The fourth-order valence-electron chi connectivity index (χ4n) is 2.71. The maximum absolute atomic E-state index is 12.0. The number of aromatic nitrogens is 1. The number of oxazole rings is 1. The van der Waals surface area contributed by atoms with E-state index in [0.29, 0.717) is 6.01 Å². The molecular formula is C15H18BrN3O2. The zero-order valence-electron chi connectivity index (χ0n) is 12.2. The predicted molar refractivity (Wildman–Crippen MR) is 85.3 cm³/mol. The summed E-state index contributed by atoms with van der Waals surface area (Å²) >= 11 is 3.44. The summed E-state index contributed by atoms with van der Waals surface area (Å²) in [5, 5.41) is 0. The minimum absolute atomic E-state index is 0.120. The van der Waals surface area contributed by atoms with E-state index in [9.17, 15) is 4.79 Å². The Bertz CT molecular complexity index is 660. The van der Waals surface area contributed by atoms with E-state index in [1.807, 2.05) is 32.3 Å². The van der Waals surface area contributed by atoms with Crippen LogP contribution in [0.4, 0.5) is 6.01 Å². The number of rotatable bonds is 2. The van der Waals surface area contributed by atoms with E-state index < -0.39 is 0 Å². The van der Waals surface area contributed by atoms with E-state index in [1.165, 1.54) is 0 Å². The summed E-state index contributed by atoms with van der Waals surface area (Å²) in [4.78, 5) is 20.3. The van der Waals surface area contributed by atoms with Crippen LogP contribution in [0, 0.1) is 5.92 Å². The van der Waals surface area contributed by atoms with Gasteiger partial charge >= 0.3 is 0 Å². The minimum Gasteiger partial charge on any atom is -0.423 e. The van der Waals surface area contributed by atoms with Crippen molar-refractivity contribution in [2.75, 3.05) is 32.1 Å². The van der Waals surface area contributed by atoms with Gasteiger partial charge in [0, 0.05) is 37.6 Å². The second kappa shape index (κ2) is 5.67. The van der Waals surface area contributed by atoms with Crippen LogP contribution in [-0.2, 0) is 4.79 Å². The summed E-state index contributed by atoms with van der Waals surface area (Å²) in [7, 11) is 3.63. The van der Waals surface area contributed by atoms with Gasteiger partial charge in [-0.1, -0.05) is 15.9 Å². The Kier molecular flexibility index (Phi) is 3.89. The van der Waals surface area contributed by atoms with Crippen LogP contribution in [0.3, 0.4) is 0 Å². The molecule has 0 radical (unpaired) electrons. The molecule has 1 saturated heterocycles. The third-order valence-electron chi connectivity index (χ3n) is 3.89. The van der Waals surface area contributed by atoms with E-state index in [-0.39, 0.29) is 11.8 Å². The second-order valence-electron chi connectivity index (χ2n) is 5.60. The van der Waals surface area contributed by atoms with Crippen molar-refractivity contribution in [2.24, 2.45) is 5.92 Å². The highest BCUT2D eigenvalue weighted by Gasteiger charge is 2.27. The number of hydrogen-bond acceptors (Lipinski definition) is 4. The van der Waals surface area contributed by atoms with Gasteiger partial charge in [-0.25, -0.2) is 0 Å². The first-order valence-electron chi connectivity index (χ1n) is 7.07. The molecule has 0 atom stereocenters. The first-order valence-corrected chi connectivity index (χ1v) is 7.86. The third-order valence-corrected chi connectivity index (χ3v) is 4.39. The Morgan fingerprint density at radius 3 is 2.76 bits per heavy atom. The van der Waals surface area contributed by atoms with Crippen molar-refractivity contribution < 1.29 is 9.21 Å². The number of amides is 1. The molecular weight excluding hydrogens is 334 g/mol. The van der Waals surface area contributed by atoms with Crippen molar-refractivity contribution >= 4 is 39.0 Å². The SMILES string of the molecule is CN(C)C(=O)C1CCN(c2nc3cc(Br)ccc3o2)CC1. The van der Waals surface area contributed by atoms with Gasteiger partial charge in [0.15, 0.2) is 5.58 Å². The number of carbonyl (C=O) groups excluding carboxylic acids is 1. The average Bonchev–Trinajstić information content (AvgIpc) is 2.89. The molecule has 2 heterocycles. The number of carbonyl (C=O) groups is 1. The molecule has 0 saturated carbocycles. The molecule has 2 aromatic rings. The molecule has 0 spiro atoms. The summed E-state index contributed by atoms with van der Waals surface area (Å²) in [5.74, 6) is 0.339. The molecule has 0 N–H and O–H groups in total. The van der Waals surface area contributed by atoms with Crippen LogP contribution < -0.4 is 4.90 Å². The zero-order chi connectivity index (χ0) is 15.0. The molecule has 21 heavy (non-hydrogen) atoms. The Morgan fingerprint density at radius 1 is 1.38 bits per heavy atom. The first-order chi connectivity index (χ1) is 10.0. The van der Waals surface area contributed by atoms with Gasteiger partial charge in [0.05, 0.1) is 0 Å². The Hall–Kier alpha value is -1.56. The van der Waals surface area contributed by atoms with Gasteiger partial charge in [-0.15, -0.1) is 0 Å². The van der Waals surface area contributed by atoms with Crippen molar-refractivity contribution in [3.05, 3.63) is 22.7 Å². The first kappa shape index (κ1) is 14.4. The standard InChI is InChI=1S/C15H18BrN3O2/c1-18(2)14(20)10-5-7-19(8-6-10)15-17-12-9-11(16)3-4-13(12)21-15/h3-4,9-10H,5-8H2,1-2H3. The molecule has 5 nitrogen and oxygen atoms in total. The monoisotopic (exact) mass is 351 g/mol. The van der Waals surface area contributed by atoms with E-state index >= 15 is 0 Å². The Balaban J connectivity index is 1.72. The van der Waals surface area contributed by atoms with Crippen LogP contribution in [0.5, 0.6) is 0 Å². The van der Waals surface area contributed by atoms with Gasteiger partial charge in [0.2, 0.25) is 5.91 Å². The molecule has 0 aliphatic carbocycles. The Labute approximate surface area is 132 Å². The van der Waals surface area contributed by atoms with Gasteiger partial charge in [-0.3, -0.25) is 4.79 Å². The van der Waals surface area contributed by atoms with Gasteiger partial charge in [-0.2, -0.15) is 4.98 Å². The van der Waals surface area contributed by atoms with E-state index in [0.717, 1.165) is 41.5 Å². The van der Waals surface area contributed by atoms with Crippen molar-refractivity contribution in [2.45, 2.75) is 12.8 Å². The molecule has 0 unspecified atom stereocenters. The summed E-state index contributed by atoms with van der Waals surface area (Å²) in [6, 6.07) is 6.46. The molecule has 112 valence electrons. The number of nitrogens with zero attached hydrogens (tertiary/aromatic N) is 3. The largest absolute Gasteiger partial charge is 0.423 e. The number of benzene rings is 1. The number of hydrogen-bond donors (Lipinski definition) is 0. The molecule has 0 bridgehead atoms. The topological polar surface area (TPSA) is 49.6 Å². The number of fused-ring (bicyclic) bond motifs is 1. The molecule has 1 aliphatic heterocycles. The molecule has 1 aliphatic rings. The normalized spacial score (nSPS) is 16.4. The van der Waals surface area contributed by atoms with Gasteiger partial charge in [-0.05, 0) is 31.0 Å². The van der Waals surface area contributed by atoms with Crippen LogP contribution in [0.2, 0.25) is 0 Å². The number of piperidine rings is 1. The van der Waals surface area contributed by atoms with Crippen molar-refractivity contribution in [1.82, 2.24) is 9.88 Å². The maximum Gasteiger partial charge on any atom is 0.298 e. The zero-order valence-corrected chi connectivity index (χ0v) is 13.8. The summed E-state index contributed by atoms with van der Waals surface area (Å²) in [5.41, 5.74) is 1.64. The molecule has 6 heteroatoms. The molecule has 1 aromatic carbocycles. The highest BCUT2D eigenvalue weighted by atomic mass is 79.9. The summed E-state index contributed by atoms with van der Waals surface area (Å²) in [6.07, 6.45) is 1.69. The van der Waals surface area contributed by atoms with E-state index in [4.69, 9.17) is 4.42 Å². The predicted octanol–water partition coefficient (Wildman–Crippen LogP) is 2.89. The van der Waals surface area contributed by atoms with Crippen molar-refractivity contribution in [1.29, 1.82) is 0 Å². The smallest absolute Gasteiger partial charge is 0.298 e. The molecule has 1 aromatic heterocycles. The summed E-state index contributed by atoms with van der Waals surface area (Å²) < 4.78 is 6.80. The van der Waals surface area contributed by atoms with Crippen LogP contribution in [-0.4, -0.2) is 43.0 Å². The lowest BCUT2D eigenvalue weighted by Gasteiger charge is -2.31. The lowest BCUT2D eigenvalue weighted by Crippen LogP contribution is -2.40. The highest BCUT2D eigenvalue weighted by molar-refractivity contribution is 9.10. The van der Waals surface area contributed by atoms with Gasteiger partial charge in [0.25, 0.3) is 6.01 Å². The molecule has 1 amide bonds. The average molecular weight is 352 g/mol. The minimum atomic E-state index is 0.120. The number of anilines is 1.